The molecule has 0 unspecified atom stereocenters. The molecule has 1 aromatic heterocycles. The van der Waals surface area contributed by atoms with E-state index in [0.717, 1.165) is 11.3 Å². The number of esters is 1. The predicted octanol–water partition coefficient (Wildman–Crippen LogP) is 2.34. The van der Waals surface area contributed by atoms with Gasteiger partial charge in [0.25, 0.3) is 0 Å². The van der Waals surface area contributed by atoms with Crippen molar-refractivity contribution in [1.82, 2.24) is 4.98 Å². The Morgan fingerprint density at radius 2 is 2.14 bits per heavy atom. The van der Waals surface area contributed by atoms with Gasteiger partial charge >= 0.3 is 5.97 Å². The summed E-state index contributed by atoms with van der Waals surface area (Å²) in [6.07, 6.45) is 0. The van der Waals surface area contributed by atoms with Crippen molar-refractivity contribution in [1.29, 1.82) is 5.26 Å². The highest BCUT2D eigenvalue weighted by molar-refractivity contribution is 7.09. The van der Waals surface area contributed by atoms with Crippen molar-refractivity contribution in [2.45, 2.75) is 19.8 Å². The first-order chi connectivity index (χ1) is 14.0. The fraction of sp³-hybridized carbons (Fsp3) is 0.316. The summed E-state index contributed by atoms with van der Waals surface area (Å²) in [6.45, 7) is 2.64. The van der Waals surface area contributed by atoms with E-state index in [2.05, 4.69) is 10.1 Å². The number of oxime groups is 1. The molecule has 3 rings (SSSR count). The fourth-order valence-corrected chi connectivity index (χ4v) is 3.26. The van der Waals surface area contributed by atoms with E-state index < -0.39 is 30.9 Å². The van der Waals surface area contributed by atoms with Gasteiger partial charge in [0.2, 0.25) is 13.4 Å². The summed E-state index contributed by atoms with van der Waals surface area (Å²) in [6, 6.07) is 7.18. The molecule has 0 bridgehead atoms. The number of carbonyl (C=O) groups excluding carboxylic acids is 2. The minimum absolute atomic E-state index is 0.171. The van der Waals surface area contributed by atoms with Crippen LogP contribution in [0.5, 0.6) is 11.5 Å². The maximum atomic E-state index is 12.1. The minimum Gasteiger partial charge on any atom is -0.455 e. The zero-order chi connectivity index (χ0) is 20.8. The van der Waals surface area contributed by atoms with Crippen LogP contribution in [0.15, 0.2) is 28.7 Å². The lowest BCUT2D eigenvalue weighted by Crippen LogP contribution is -2.21. The summed E-state index contributed by atoms with van der Waals surface area (Å²) in [5.74, 6) is -1.12. The Balaban J connectivity index is 1.46. The molecule has 0 saturated carbocycles. The number of nitrogens with zero attached hydrogens (tertiary/aromatic N) is 3. The topological polar surface area (TPSA) is 120 Å². The van der Waals surface area contributed by atoms with Crippen LogP contribution in [-0.4, -0.2) is 42.5 Å². The van der Waals surface area contributed by atoms with Crippen molar-refractivity contribution in [3.63, 3.8) is 0 Å². The van der Waals surface area contributed by atoms with Gasteiger partial charge < -0.3 is 19.0 Å². The highest BCUT2D eigenvalue weighted by Gasteiger charge is 2.24. The maximum Gasteiger partial charge on any atom is 0.347 e. The number of carbonyl (C=O) groups is 2. The summed E-state index contributed by atoms with van der Waals surface area (Å²) in [5, 5.41) is 15.2. The van der Waals surface area contributed by atoms with Gasteiger partial charge in [-0.1, -0.05) is 5.16 Å². The van der Waals surface area contributed by atoms with E-state index in [9.17, 15) is 14.9 Å². The highest BCUT2D eigenvalue weighted by Crippen LogP contribution is 2.32. The molecule has 1 aliphatic rings. The normalized spacial score (nSPS) is 13.5. The molecule has 0 aliphatic carbocycles. The summed E-state index contributed by atoms with van der Waals surface area (Å²) < 4.78 is 15.4. The molecule has 0 radical (unpaired) electrons. The number of rotatable bonds is 8. The molecule has 0 fully saturated rings. The van der Waals surface area contributed by atoms with E-state index in [0.29, 0.717) is 22.2 Å². The lowest BCUT2D eigenvalue weighted by atomic mass is 10.1. The summed E-state index contributed by atoms with van der Waals surface area (Å²) >= 11 is 1.21. The Morgan fingerprint density at radius 1 is 1.34 bits per heavy atom. The molecule has 1 atom stereocenters. The monoisotopic (exact) mass is 415 g/mol. The van der Waals surface area contributed by atoms with Gasteiger partial charge in [-0.15, -0.1) is 11.3 Å². The number of hydrogen-bond donors (Lipinski definition) is 0. The van der Waals surface area contributed by atoms with E-state index in [-0.39, 0.29) is 6.79 Å². The van der Waals surface area contributed by atoms with E-state index in [1.165, 1.54) is 11.3 Å². The van der Waals surface area contributed by atoms with Gasteiger partial charge in [-0.2, -0.15) is 5.26 Å². The molecular weight excluding hydrogens is 398 g/mol. The fourth-order valence-electron chi connectivity index (χ4n) is 2.40. The minimum atomic E-state index is -1.06. The van der Waals surface area contributed by atoms with Crippen LogP contribution in [0.1, 0.15) is 29.1 Å². The molecule has 0 saturated heterocycles. The molecule has 150 valence electrons. The van der Waals surface area contributed by atoms with Crippen molar-refractivity contribution in [3.8, 4) is 17.6 Å². The number of ketones is 1. The van der Waals surface area contributed by atoms with Crippen molar-refractivity contribution >= 4 is 28.8 Å². The lowest BCUT2D eigenvalue weighted by Gasteiger charge is -2.07. The third kappa shape index (κ3) is 5.08. The average Bonchev–Trinajstić information content (AvgIpc) is 3.35. The maximum absolute atomic E-state index is 12.1. The zero-order valence-electron chi connectivity index (χ0n) is 15.7. The number of nitriles is 1. The van der Waals surface area contributed by atoms with Crippen LogP contribution in [0.4, 0.5) is 0 Å². The standard InChI is InChI=1S/C19H17N3O6S/c1-11-9-29-19(21-11)14(6-20)15(23)7-25-18(24)8-28-22-12(2)13-3-4-16-17(5-13)27-10-26-16/h3-5,9,14H,7-8,10H2,1-2H3/b22-12-/t14-/m1/s1. The van der Waals surface area contributed by atoms with Gasteiger partial charge in [-0.05, 0) is 32.0 Å². The van der Waals surface area contributed by atoms with E-state index >= 15 is 0 Å². The number of ether oxygens (including phenoxy) is 3. The van der Waals surface area contributed by atoms with Crippen LogP contribution in [0.3, 0.4) is 0 Å². The molecule has 0 spiro atoms. The molecule has 9 nitrogen and oxygen atoms in total. The van der Waals surface area contributed by atoms with Crippen molar-refractivity contribution in [2.24, 2.45) is 5.16 Å². The first kappa shape index (κ1) is 20.3. The first-order valence-electron chi connectivity index (χ1n) is 8.54. The predicted molar refractivity (Wildman–Crippen MR) is 102 cm³/mol. The smallest absolute Gasteiger partial charge is 0.347 e. The molecule has 2 aromatic rings. The number of thiazole rings is 1. The van der Waals surface area contributed by atoms with Crippen LogP contribution < -0.4 is 9.47 Å². The van der Waals surface area contributed by atoms with Crippen molar-refractivity contribution in [3.05, 3.63) is 39.8 Å². The summed E-state index contributed by atoms with van der Waals surface area (Å²) in [4.78, 5) is 33.0. The lowest BCUT2D eigenvalue weighted by molar-refractivity contribution is -0.152. The number of Topliss-reactive ketones (excluding diaryl/α,β-unsaturated/α-hetero) is 1. The molecule has 0 N–H and O–H groups in total. The number of aromatic nitrogens is 1. The number of hydrogen-bond acceptors (Lipinski definition) is 10. The molecule has 1 aromatic carbocycles. The quantitative estimate of drug-likeness (QED) is 0.366. The third-order valence-corrected chi connectivity index (χ3v) is 4.91. The van der Waals surface area contributed by atoms with Crippen LogP contribution in [0, 0.1) is 18.3 Å². The Morgan fingerprint density at radius 3 is 2.86 bits per heavy atom. The molecule has 1 aliphatic heterocycles. The Labute approximate surface area is 170 Å². The van der Waals surface area contributed by atoms with Gasteiger partial charge in [0.15, 0.2) is 29.8 Å². The van der Waals surface area contributed by atoms with E-state index in [4.69, 9.17) is 19.0 Å². The Hall–Kier alpha value is -3.45. The van der Waals surface area contributed by atoms with Crippen LogP contribution >= 0.6 is 11.3 Å². The second-order valence-electron chi connectivity index (χ2n) is 6.03. The van der Waals surface area contributed by atoms with Crippen molar-refractivity contribution < 1.29 is 28.6 Å². The van der Waals surface area contributed by atoms with Crippen LogP contribution in [-0.2, 0) is 19.2 Å². The zero-order valence-corrected chi connectivity index (χ0v) is 16.5. The van der Waals surface area contributed by atoms with Gasteiger partial charge in [0, 0.05) is 16.6 Å². The SMILES string of the molecule is C/C(=N/OCC(=O)OCC(=O)[C@@H](C#N)c1nc(C)cs1)c1ccc2c(c1)OCO2. The van der Waals surface area contributed by atoms with E-state index in [1.807, 2.05) is 6.07 Å². The van der Waals surface area contributed by atoms with Gasteiger partial charge in [-0.3, -0.25) is 4.79 Å². The third-order valence-electron chi connectivity index (χ3n) is 3.88. The van der Waals surface area contributed by atoms with Crippen LogP contribution in [0.2, 0.25) is 0 Å². The summed E-state index contributed by atoms with van der Waals surface area (Å²) in [5.41, 5.74) is 1.99. The van der Waals surface area contributed by atoms with Gasteiger partial charge in [0.05, 0.1) is 11.8 Å². The number of benzene rings is 1. The first-order valence-corrected chi connectivity index (χ1v) is 9.42. The number of fused-ring (bicyclic) bond motifs is 1. The van der Waals surface area contributed by atoms with Crippen molar-refractivity contribution in [2.75, 3.05) is 20.0 Å². The highest BCUT2D eigenvalue weighted by atomic mass is 32.1. The second kappa shape index (κ2) is 9.16. The number of aryl methyl sites for hydroxylation is 1. The second-order valence-corrected chi connectivity index (χ2v) is 6.92. The largest absolute Gasteiger partial charge is 0.455 e. The molecule has 10 heteroatoms. The van der Waals surface area contributed by atoms with E-state index in [1.54, 1.807) is 37.4 Å². The van der Waals surface area contributed by atoms with Gasteiger partial charge in [-0.25, -0.2) is 9.78 Å². The molecule has 29 heavy (non-hydrogen) atoms. The Bertz CT molecular complexity index is 994. The van der Waals surface area contributed by atoms with Crippen LogP contribution in [0.25, 0.3) is 0 Å². The molecular formula is C19H17N3O6S. The Kier molecular flexibility index (Phi) is 6.41. The average molecular weight is 415 g/mol. The summed E-state index contributed by atoms with van der Waals surface area (Å²) in [7, 11) is 0. The molecule has 0 amide bonds. The molecule has 2 heterocycles. The van der Waals surface area contributed by atoms with Gasteiger partial charge in [0.1, 0.15) is 5.01 Å².